The fourth-order valence-electron chi connectivity index (χ4n) is 3.52. The van der Waals surface area contributed by atoms with Gasteiger partial charge in [-0.1, -0.05) is 0 Å². The number of carbonyl (C=O) groups excluding carboxylic acids is 2. The van der Waals surface area contributed by atoms with Crippen molar-refractivity contribution in [2.24, 2.45) is 6.98 Å². The van der Waals surface area contributed by atoms with Gasteiger partial charge < -0.3 is 4.74 Å². The number of hydrogen-bond donors (Lipinski definition) is 1. The number of benzene rings is 1. The number of aryl methyl sites for hydroxylation is 2. The second-order valence-corrected chi connectivity index (χ2v) is 8.61. The molecule has 0 aliphatic rings. The van der Waals surface area contributed by atoms with Gasteiger partial charge in [-0.25, -0.2) is 19.7 Å². The van der Waals surface area contributed by atoms with E-state index in [-0.39, 0.29) is 39.5 Å². The quantitative estimate of drug-likeness (QED) is 0.473. The first-order chi connectivity index (χ1) is 16.7. The van der Waals surface area contributed by atoms with E-state index in [0.29, 0.717) is 15.7 Å². The minimum absolute atomic E-state index is 0.0375. The molecule has 0 radical (unpaired) electrons. The van der Waals surface area contributed by atoms with Crippen molar-refractivity contribution in [3.8, 4) is 11.3 Å². The fraction of sp³-hybridized carbons (Fsp3) is 0.304. The van der Waals surface area contributed by atoms with Gasteiger partial charge in [0.15, 0.2) is 5.78 Å². The average molecular weight is 452 g/mol. The lowest BCUT2D eigenvalue weighted by Crippen LogP contribution is -2.27. The largest absolute Gasteiger partial charge is 0.444 e. The summed E-state index contributed by atoms with van der Waals surface area (Å²) in [6.45, 7) is 5.39. The Morgan fingerprint density at radius 3 is 2.45 bits per heavy atom. The molecule has 170 valence electrons. The van der Waals surface area contributed by atoms with Crippen LogP contribution in [0.2, 0.25) is 0 Å². The lowest BCUT2D eigenvalue weighted by molar-refractivity contribution is 0.0634. The smallest absolute Gasteiger partial charge is 0.414 e. The number of aromatic nitrogens is 5. The maximum Gasteiger partial charge on any atom is 0.414 e. The summed E-state index contributed by atoms with van der Waals surface area (Å²) in [6, 6.07) is 3.19. The number of ether oxygens (including phenoxy) is 1. The number of ketones is 1. The molecule has 3 aromatic heterocycles. The van der Waals surface area contributed by atoms with Crippen molar-refractivity contribution < 1.29 is 18.4 Å². The van der Waals surface area contributed by atoms with Gasteiger partial charge in [0.25, 0.3) is 5.56 Å². The number of imidazole rings is 1. The minimum Gasteiger partial charge on any atom is -0.444 e. The van der Waals surface area contributed by atoms with Crippen LogP contribution in [0.25, 0.3) is 27.8 Å². The van der Waals surface area contributed by atoms with Gasteiger partial charge in [0.1, 0.15) is 23.3 Å². The number of carbonyl (C=O) groups is 2. The van der Waals surface area contributed by atoms with Crippen LogP contribution in [0.4, 0.5) is 10.7 Å². The van der Waals surface area contributed by atoms with Crippen LogP contribution in [0.15, 0.2) is 35.6 Å². The van der Waals surface area contributed by atoms with Crippen LogP contribution in [-0.4, -0.2) is 41.4 Å². The molecule has 4 aromatic rings. The maximum atomic E-state index is 13.4. The number of nitrogens with zero attached hydrogens (tertiary/aromatic N) is 5. The van der Waals surface area contributed by atoms with Crippen LogP contribution in [0.1, 0.15) is 47.7 Å². The van der Waals surface area contributed by atoms with E-state index in [4.69, 9.17) is 8.85 Å². The Labute approximate surface area is 193 Å². The summed E-state index contributed by atoms with van der Waals surface area (Å²) < 4.78 is 31.4. The van der Waals surface area contributed by atoms with E-state index in [9.17, 15) is 14.4 Å². The van der Waals surface area contributed by atoms with Crippen molar-refractivity contribution in [2.75, 3.05) is 5.32 Å². The van der Waals surface area contributed by atoms with E-state index in [0.717, 1.165) is 0 Å². The number of nitrogens with one attached hydrogen (secondary N) is 1. The van der Waals surface area contributed by atoms with Crippen molar-refractivity contribution >= 4 is 34.4 Å². The fourth-order valence-corrected chi connectivity index (χ4v) is 3.52. The molecule has 0 saturated carbocycles. The zero-order valence-electron chi connectivity index (χ0n) is 21.8. The van der Waals surface area contributed by atoms with Gasteiger partial charge in [-0.15, -0.1) is 0 Å². The Kier molecular flexibility index (Phi) is 4.37. The van der Waals surface area contributed by atoms with Gasteiger partial charge >= 0.3 is 6.09 Å². The number of anilines is 1. The summed E-state index contributed by atoms with van der Waals surface area (Å²) in [4.78, 5) is 50.4. The number of hydrogen-bond acceptors (Lipinski definition) is 7. The number of amides is 1. The summed E-state index contributed by atoms with van der Waals surface area (Å²) in [7, 11) is 0. The minimum atomic E-state index is -2.85. The van der Waals surface area contributed by atoms with E-state index in [1.165, 1.54) is 30.0 Å². The molecule has 0 fully saturated rings. The summed E-state index contributed by atoms with van der Waals surface area (Å²) >= 11 is 0. The van der Waals surface area contributed by atoms with Gasteiger partial charge in [0.2, 0.25) is 5.95 Å². The Morgan fingerprint density at radius 1 is 1.15 bits per heavy atom. The molecule has 10 heteroatoms. The van der Waals surface area contributed by atoms with Gasteiger partial charge in [0, 0.05) is 34.6 Å². The molecule has 0 spiro atoms. The van der Waals surface area contributed by atoms with E-state index >= 15 is 0 Å². The van der Waals surface area contributed by atoms with Crippen molar-refractivity contribution in [1.29, 1.82) is 0 Å². The molecule has 1 aromatic carbocycles. The molecule has 1 amide bonds. The molecule has 10 nitrogen and oxygen atoms in total. The van der Waals surface area contributed by atoms with E-state index in [2.05, 4.69) is 20.3 Å². The molecule has 1 N–H and O–H groups in total. The molecule has 33 heavy (non-hydrogen) atoms. The molecule has 0 aliphatic carbocycles. The lowest BCUT2D eigenvalue weighted by Gasteiger charge is -2.19. The number of fused-ring (bicyclic) bond motifs is 3. The van der Waals surface area contributed by atoms with Crippen LogP contribution in [-0.2, 0) is 11.7 Å². The number of Topliss-reactive ketones (excluding diaryl/α,β-unsaturated/α-hetero) is 1. The highest BCUT2D eigenvalue weighted by molar-refractivity contribution is 6.06. The molecule has 3 heterocycles. The lowest BCUT2D eigenvalue weighted by atomic mass is 10.0. The Balaban J connectivity index is 1.93. The van der Waals surface area contributed by atoms with Crippen LogP contribution in [0.5, 0.6) is 0 Å². The molecule has 0 unspecified atom stereocenters. The SMILES string of the molecule is [2H]C([2H])([2H])n1c(=O)c2cc(C)cc(C(C)=O)c2n2cnc(-c3cnc(NC(=O)OC(C)(C)C)nc3)c12. The van der Waals surface area contributed by atoms with E-state index in [1.807, 2.05) is 0 Å². The van der Waals surface area contributed by atoms with Crippen LogP contribution in [0, 0.1) is 6.92 Å². The first-order valence-corrected chi connectivity index (χ1v) is 10.1. The molecular weight excluding hydrogens is 424 g/mol. The van der Waals surface area contributed by atoms with Crippen LogP contribution < -0.4 is 10.9 Å². The molecular formula is C23H24N6O4. The average Bonchev–Trinajstić information content (AvgIpc) is 3.15. The zero-order valence-corrected chi connectivity index (χ0v) is 18.8. The Hall–Kier alpha value is -4.08. The van der Waals surface area contributed by atoms with E-state index in [1.54, 1.807) is 39.8 Å². The first kappa shape index (κ1) is 18.5. The zero-order chi connectivity index (χ0) is 26.6. The van der Waals surface area contributed by atoms with Gasteiger partial charge in [0.05, 0.1) is 10.9 Å². The first-order valence-electron chi connectivity index (χ1n) is 11.6. The molecule has 4 rings (SSSR count). The van der Waals surface area contributed by atoms with Gasteiger partial charge in [-0.3, -0.25) is 23.9 Å². The third-order valence-corrected chi connectivity index (χ3v) is 4.80. The van der Waals surface area contributed by atoms with Crippen molar-refractivity contribution in [3.63, 3.8) is 0 Å². The maximum absolute atomic E-state index is 13.4. The molecule has 0 bridgehead atoms. The third kappa shape index (κ3) is 4.07. The summed E-state index contributed by atoms with van der Waals surface area (Å²) in [5, 5.41) is 2.49. The topological polar surface area (TPSA) is 120 Å². The molecule has 0 aliphatic heterocycles. The second-order valence-electron chi connectivity index (χ2n) is 8.61. The van der Waals surface area contributed by atoms with Crippen LogP contribution >= 0.6 is 0 Å². The van der Waals surface area contributed by atoms with Crippen LogP contribution in [0.3, 0.4) is 0 Å². The molecule has 0 saturated heterocycles. The summed E-state index contributed by atoms with van der Waals surface area (Å²) in [5.74, 6) is -0.322. The van der Waals surface area contributed by atoms with E-state index < -0.39 is 24.2 Å². The highest BCUT2D eigenvalue weighted by Gasteiger charge is 2.20. The normalized spacial score (nSPS) is 13.4. The third-order valence-electron chi connectivity index (χ3n) is 4.80. The predicted octanol–water partition coefficient (Wildman–Crippen LogP) is 3.50. The standard InChI is InChI=1S/C23H24N6O4/c1-12-7-15(13(2)30)18-16(8-12)20(31)28(6)19-17(26-11-29(18)19)14-9-24-21(25-10-14)27-22(32)33-23(3,4)5/h7-11H,1-6H3,(H,24,25,27,32)/i6D3. The van der Waals surface area contributed by atoms with Crippen molar-refractivity contribution in [2.45, 2.75) is 40.2 Å². The Morgan fingerprint density at radius 2 is 1.85 bits per heavy atom. The van der Waals surface area contributed by atoms with Crippen molar-refractivity contribution in [3.05, 3.63) is 52.3 Å². The number of rotatable bonds is 3. The van der Waals surface area contributed by atoms with Gasteiger partial charge in [-0.2, -0.15) is 0 Å². The monoisotopic (exact) mass is 451 g/mol. The van der Waals surface area contributed by atoms with Crippen molar-refractivity contribution in [1.82, 2.24) is 23.9 Å². The predicted molar refractivity (Wildman–Crippen MR) is 124 cm³/mol. The highest BCUT2D eigenvalue weighted by atomic mass is 16.6. The Bertz CT molecular complexity index is 1580. The second kappa shape index (κ2) is 7.80. The molecule has 0 atom stereocenters. The van der Waals surface area contributed by atoms with Gasteiger partial charge in [-0.05, 0) is 52.3 Å². The summed E-state index contributed by atoms with van der Waals surface area (Å²) in [6.07, 6.45) is 3.28. The summed E-state index contributed by atoms with van der Waals surface area (Å²) in [5.41, 5.74) is 0.0362. The highest BCUT2D eigenvalue weighted by Crippen LogP contribution is 2.27.